The molecule has 4 aromatic rings. The fraction of sp³-hybridized carbons (Fsp3) is 0.156. The summed E-state index contributed by atoms with van der Waals surface area (Å²) < 4.78 is 6.83. The van der Waals surface area contributed by atoms with E-state index in [1.54, 1.807) is 0 Å². The van der Waals surface area contributed by atoms with Crippen molar-refractivity contribution < 1.29 is 4.74 Å². The molecule has 1 aliphatic carbocycles. The number of nitrogens with one attached hydrogen (secondary N) is 1. The lowest BCUT2D eigenvalue weighted by molar-refractivity contribution is 0.304. The zero-order valence-electron chi connectivity index (χ0n) is 20.1. The van der Waals surface area contributed by atoms with Crippen molar-refractivity contribution >= 4 is 45.1 Å². The molecule has 0 fully saturated rings. The summed E-state index contributed by atoms with van der Waals surface area (Å²) in [6.45, 7) is 0.414. The van der Waals surface area contributed by atoms with E-state index >= 15 is 0 Å². The Morgan fingerprint density at radius 1 is 0.973 bits per heavy atom. The zero-order valence-corrected chi connectivity index (χ0v) is 22.5. The van der Waals surface area contributed by atoms with Crippen LogP contribution < -0.4 is 10.1 Å². The van der Waals surface area contributed by atoms with Crippen molar-refractivity contribution in [2.75, 3.05) is 5.32 Å². The first-order valence-corrected chi connectivity index (χ1v) is 13.6. The topological polar surface area (TPSA) is 33.6 Å². The van der Waals surface area contributed by atoms with Crippen molar-refractivity contribution in [2.24, 2.45) is 10.9 Å². The molecule has 0 radical (unpaired) electrons. The Morgan fingerprint density at radius 2 is 1.78 bits per heavy atom. The molecule has 3 atom stereocenters. The number of fused-ring (bicyclic) bond motifs is 3. The lowest BCUT2D eigenvalue weighted by atomic mass is 9.77. The first-order valence-electron chi connectivity index (χ1n) is 12.5. The Balaban J connectivity index is 1.13. The van der Waals surface area contributed by atoms with Gasteiger partial charge >= 0.3 is 0 Å². The molecule has 3 nitrogen and oxygen atoms in total. The minimum Gasteiger partial charge on any atom is -0.488 e. The van der Waals surface area contributed by atoms with E-state index in [9.17, 15) is 0 Å². The highest BCUT2D eigenvalue weighted by Gasteiger charge is 2.37. The molecule has 0 aromatic heterocycles. The van der Waals surface area contributed by atoms with Crippen LogP contribution in [-0.4, -0.2) is 6.21 Å². The van der Waals surface area contributed by atoms with Gasteiger partial charge in [0, 0.05) is 28.4 Å². The molecule has 37 heavy (non-hydrogen) atoms. The second-order valence-corrected chi connectivity index (χ2v) is 10.7. The number of benzene rings is 4. The van der Waals surface area contributed by atoms with Gasteiger partial charge in [0.05, 0.1) is 16.2 Å². The summed E-state index contributed by atoms with van der Waals surface area (Å²) in [4.78, 5) is 4.70. The fourth-order valence-corrected chi connectivity index (χ4v) is 5.98. The van der Waals surface area contributed by atoms with Gasteiger partial charge in [-0.2, -0.15) is 0 Å². The third-order valence-electron chi connectivity index (χ3n) is 7.18. The number of hydrogen-bond acceptors (Lipinski definition) is 3. The second kappa shape index (κ2) is 10.6. The Morgan fingerprint density at radius 3 is 2.62 bits per heavy atom. The molecule has 5 heteroatoms. The number of para-hydroxylation sites is 1. The summed E-state index contributed by atoms with van der Waals surface area (Å²) in [7, 11) is 0. The van der Waals surface area contributed by atoms with Crippen LogP contribution in [0.3, 0.4) is 0 Å². The minimum absolute atomic E-state index is 0.294. The average Bonchev–Trinajstić information content (AvgIpc) is 3.43. The Kier molecular flexibility index (Phi) is 6.86. The molecule has 1 heterocycles. The zero-order chi connectivity index (χ0) is 25.2. The van der Waals surface area contributed by atoms with Gasteiger partial charge in [-0.1, -0.05) is 72.3 Å². The monoisotopic (exact) mass is 568 g/mol. The van der Waals surface area contributed by atoms with Gasteiger partial charge in [0.1, 0.15) is 12.4 Å². The normalized spacial score (nSPS) is 19.9. The number of allylic oxidation sites excluding steroid dienone is 2. The molecule has 0 amide bonds. The number of aliphatic imine (C=N–C) groups is 1. The van der Waals surface area contributed by atoms with Crippen molar-refractivity contribution in [1.82, 2.24) is 0 Å². The minimum atomic E-state index is 0.294. The molecule has 0 bridgehead atoms. The molecule has 1 N–H and O–H groups in total. The van der Waals surface area contributed by atoms with Crippen LogP contribution in [0.2, 0.25) is 5.02 Å². The summed E-state index contributed by atoms with van der Waals surface area (Å²) in [5, 5.41) is 4.50. The van der Waals surface area contributed by atoms with Crippen LogP contribution in [0.4, 0.5) is 11.4 Å². The molecule has 0 saturated heterocycles. The van der Waals surface area contributed by atoms with E-state index in [4.69, 9.17) is 21.3 Å². The first-order chi connectivity index (χ1) is 18.2. The molecule has 0 spiro atoms. The van der Waals surface area contributed by atoms with E-state index in [-0.39, 0.29) is 0 Å². The highest BCUT2D eigenvalue weighted by molar-refractivity contribution is 9.10. The third-order valence-corrected chi connectivity index (χ3v) is 8.17. The number of rotatable bonds is 6. The lowest BCUT2D eigenvalue weighted by Gasteiger charge is -2.37. The number of nitrogens with zero attached hydrogens (tertiary/aromatic N) is 1. The fourth-order valence-electron chi connectivity index (χ4n) is 5.28. The van der Waals surface area contributed by atoms with E-state index in [1.165, 1.54) is 16.8 Å². The summed E-state index contributed by atoms with van der Waals surface area (Å²) in [6.07, 6.45) is 7.68. The van der Waals surface area contributed by atoms with Gasteiger partial charge in [-0.15, -0.1) is 0 Å². The van der Waals surface area contributed by atoms with Gasteiger partial charge in [0.25, 0.3) is 0 Å². The van der Waals surface area contributed by atoms with E-state index in [1.807, 2.05) is 48.7 Å². The number of hydrogen-bond donors (Lipinski definition) is 1. The van der Waals surface area contributed by atoms with Crippen LogP contribution in [-0.2, 0) is 6.61 Å². The Bertz CT molecular complexity index is 1480. The molecule has 1 aliphatic heterocycles. The SMILES string of the molecule is Clc1ccccc1COc1ccc(C=Nc2ccc([C@@H]3Nc4ccccc4[C@@H]4C=CC[C@@H]43)cc2)cc1Br. The van der Waals surface area contributed by atoms with Gasteiger partial charge in [-0.3, -0.25) is 4.99 Å². The van der Waals surface area contributed by atoms with Crippen molar-refractivity contribution in [3.8, 4) is 5.75 Å². The summed E-state index contributed by atoms with van der Waals surface area (Å²) in [5.41, 5.74) is 6.83. The number of ether oxygens (including phenoxy) is 1. The van der Waals surface area contributed by atoms with Crippen LogP contribution in [0.25, 0.3) is 0 Å². The van der Waals surface area contributed by atoms with Crippen molar-refractivity contribution in [3.05, 3.63) is 135 Å². The number of halogens is 2. The third kappa shape index (κ3) is 5.09. The molecule has 4 aromatic carbocycles. The van der Waals surface area contributed by atoms with Crippen LogP contribution in [0.15, 0.2) is 113 Å². The van der Waals surface area contributed by atoms with E-state index in [0.717, 1.165) is 33.5 Å². The van der Waals surface area contributed by atoms with Gasteiger partial charge in [0.15, 0.2) is 0 Å². The molecule has 0 saturated carbocycles. The predicted octanol–water partition coefficient (Wildman–Crippen LogP) is 9.26. The first kappa shape index (κ1) is 24.0. The predicted molar refractivity (Wildman–Crippen MR) is 156 cm³/mol. The van der Waals surface area contributed by atoms with Gasteiger partial charge in [-0.05, 0) is 87.4 Å². The molecule has 184 valence electrons. The van der Waals surface area contributed by atoms with Gasteiger partial charge in [-0.25, -0.2) is 0 Å². The maximum absolute atomic E-state index is 6.24. The lowest BCUT2D eigenvalue weighted by Crippen LogP contribution is -2.28. The van der Waals surface area contributed by atoms with E-state index in [2.05, 4.69) is 81.9 Å². The standard InChI is InChI=1S/C32H26BrClN2O/c33-28-18-21(12-17-31(28)37-20-23-6-1-3-10-29(23)34)19-35-24-15-13-22(14-16-24)32-27-9-5-8-25(27)26-7-2-4-11-30(26)36-32/h1-8,10-19,25,27,32,36H,9,20H2/t25-,27-,32-/m0/s1. The second-order valence-electron chi connectivity index (χ2n) is 9.48. The Hall–Kier alpha value is -3.34. The molecular formula is C32H26BrClN2O. The molecule has 6 rings (SSSR count). The van der Waals surface area contributed by atoms with Crippen LogP contribution in [0, 0.1) is 5.92 Å². The number of anilines is 1. The van der Waals surface area contributed by atoms with Crippen LogP contribution >= 0.6 is 27.5 Å². The van der Waals surface area contributed by atoms with Gasteiger partial charge < -0.3 is 10.1 Å². The summed E-state index contributed by atoms with van der Waals surface area (Å²) in [5.74, 6) is 1.79. The molecule has 2 aliphatic rings. The van der Waals surface area contributed by atoms with Crippen molar-refractivity contribution in [3.63, 3.8) is 0 Å². The maximum atomic E-state index is 6.24. The van der Waals surface area contributed by atoms with Crippen molar-refractivity contribution in [2.45, 2.75) is 25.0 Å². The smallest absolute Gasteiger partial charge is 0.134 e. The summed E-state index contributed by atoms with van der Waals surface area (Å²) >= 11 is 9.86. The quantitative estimate of drug-likeness (QED) is 0.185. The van der Waals surface area contributed by atoms with Crippen LogP contribution in [0.5, 0.6) is 5.75 Å². The van der Waals surface area contributed by atoms with Gasteiger partial charge in [0.2, 0.25) is 0 Å². The Labute approximate surface area is 231 Å². The van der Waals surface area contributed by atoms with Crippen LogP contribution in [0.1, 0.15) is 40.6 Å². The highest BCUT2D eigenvalue weighted by Crippen LogP contribution is 2.49. The summed E-state index contributed by atoms with van der Waals surface area (Å²) in [6, 6.07) is 31.2. The highest BCUT2D eigenvalue weighted by atomic mass is 79.9. The van der Waals surface area contributed by atoms with Crippen molar-refractivity contribution in [1.29, 1.82) is 0 Å². The molecular weight excluding hydrogens is 544 g/mol. The van der Waals surface area contributed by atoms with E-state index in [0.29, 0.717) is 29.5 Å². The molecule has 0 unspecified atom stereocenters. The average molecular weight is 570 g/mol. The largest absolute Gasteiger partial charge is 0.488 e. The maximum Gasteiger partial charge on any atom is 0.134 e. The van der Waals surface area contributed by atoms with E-state index < -0.39 is 0 Å².